The van der Waals surface area contributed by atoms with E-state index in [1.807, 2.05) is 12.1 Å². The van der Waals surface area contributed by atoms with Crippen molar-refractivity contribution >= 4 is 5.91 Å². The Bertz CT molecular complexity index is 283. The van der Waals surface area contributed by atoms with E-state index in [9.17, 15) is 4.79 Å². The first-order valence-corrected chi connectivity index (χ1v) is 5.20. The molecule has 0 unspecified atom stereocenters. The summed E-state index contributed by atoms with van der Waals surface area (Å²) in [5, 5.41) is 0. The first kappa shape index (κ1) is 11.8. The molecule has 1 aromatic rings. The van der Waals surface area contributed by atoms with Crippen LogP contribution in [-0.2, 0) is 11.3 Å². The first-order valence-electron chi connectivity index (χ1n) is 5.20. The molecule has 0 saturated heterocycles. The topological polar surface area (TPSA) is 59.5 Å². The Balaban J connectivity index is 2.27. The summed E-state index contributed by atoms with van der Waals surface area (Å²) in [5.41, 5.74) is 5.36. The summed E-state index contributed by atoms with van der Waals surface area (Å²) in [6.45, 7) is 1.18. The number of hydrogen-bond donors (Lipinski definition) is 1. The molecule has 1 rings (SSSR count). The quantitative estimate of drug-likeness (QED) is 0.721. The predicted octanol–water partition coefficient (Wildman–Crippen LogP) is 1.37. The maximum atomic E-state index is 11.6. The second kappa shape index (κ2) is 6.24. The molecule has 0 bridgehead atoms. The van der Waals surface area contributed by atoms with Crippen molar-refractivity contribution in [2.24, 2.45) is 5.73 Å². The summed E-state index contributed by atoms with van der Waals surface area (Å²) in [4.78, 5) is 13.3. The van der Waals surface area contributed by atoms with Crippen molar-refractivity contribution in [3.63, 3.8) is 0 Å². The van der Waals surface area contributed by atoms with Crippen LogP contribution in [-0.4, -0.2) is 24.4 Å². The van der Waals surface area contributed by atoms with Crippen LogP contribution in [0.15, 0.2) is 22.8 Å². The Morgan fingerprint density at radius 1 is 1.53 bits per heavy atom. The fourth-order valence-corrected chi connectivity index (χ4v) is 1.34. The second-order valence-corrected chi connectivity index (χ2v) is 3.57. The molecule has 0 aliphatic carbocycles. The maximum absolute atomic E-state index is 11.6. The highest BCUT2D eigenvalue weighted by atomic mass is 16.3. The van der Waals surface area contributed by atoms with Crippen LogP contribution in [0.5, 0.6) is 0 Å². The van der Waals surface area contributed by atoms with Gasteiger partial charge in [0.25, 0.3) is 0 Å². The van der Waals surface area contributed by atoms with Gasteiger partial charge in [-0.1, -0.05) is 0 Å². The van der Waals surface area contributed by atoms with Gasteiger partial charge in [-0.3, -0.25) is 4.79 Å². The van der Waals surface area contributed by atoms with Crippen LogP contribution in [0, 0.1) is 0 Å². The van der Waals surface area contributed by atoms with E-state index in [4.69, 9.17) is 10.2 Å². The van der Waals surface area contributed by atoms with Crippen LogP contribution in [0.3, 0.4) is 0 Å². The number of hydrogen-bond acceptors (Lipinski definition) is 3. The number of unbranched alkanes of at least 4 members (excludes halogenated alkanes) is 1. The molecule has 1 aromatic heterocycles. The third-order valence-corrected chi connectivity index (χ3v) is 2.24. The SMILES string of the molecule is CN(Cc1ccco1)C(=O)CCCCN. The van der Waals surface area contributed by atoms with Crippen molar-refractivity contribution in [1.82, 2.24) is 4.90 Å². The lowest BCUT2D eigenvalue weighted by Crippen LogP contribution is -2.25. The number of carbonyl (C=O) groups is 1. The van der Waals surface area contributed by atoms with Gasteiger partial charge in [0.15, 0.2) is 0 Å². The largest absolute Gasteiger partial charge is 0.467 e. The summed E-state index contributed by atoms with van der Waals surface area (Å²) >= 11 is 0. The zero-order chi connectivity index (χ0) is 11.1. The van der Waals surface area contributed by atoms with Crippen LogP contribution in [0.4, 0.5) is 0 Å². The van der Waals surface area contributed by atoms with Crippen molar-refractivity contribution in [2.45, 2.75) is 25.8 Å². The summed E-state index contributed by atoms with van der Waals surface area (Å²) in [6.07, 6.45) is 3.94. The molecule has 4 heteroatoms. The Hall–Kier alpha value is -1.29. The van der Waals surface area contributed by atoms with E-state index in [0.29, 0.717) is 19.5 Å². The minimum atomic E-state index is 0.139. The zero-order valence-corrected chi connectivity index (χ0v) is 9.11. The number of amides is 1. The van der Waals surface area contributed by atoms with Gasteiger partial charge in [-0.05, 0) is 31.5 Å². The molecule has 4 nitrogen and oxygen atoms in total. The average molecular weight is 210 g/mol. The number of furan rings is 1. The molecule has 0 radical (unpaired) electrons. The summed E-state index contributed by atoms with van der Waals surface area (Å²) in [6, 6.07) is 3.69. The van der Waals surface area contributed by atoms with Crippen molar-refractivity contribution in [2.75, 3.05) is 13.6 Å². The van der Waals surface area contributed by atoms with Crippen LogP contribution in [0.25, 0.3) is 0 Å². The minimum absolute atomic E-state index is 0.139. The highest BCUT2D eigenvalue weighted by Crippen LogP contribution is 2.06. The monoisotopic (exact) mass is 210 g/mol. The van der Waals surface area contributed by atoms with Crippen molar-refractivity contribution < 1.29 is 9.21 Å². The van der Waals surface area contributed by atoms with Gasteiger partial charge >= 0.3 is 0 Å². The average Bonchev–Trinajstić information content (AvgIpc) is 2.70. The second-order valence-electron chi connectivity index (χ2n) is 3.57. The predicted molar refractivity (Wildman–Crippen MR) is 58.1 cm³/mol. The maximum Gasteiger partial charge on any atom is 0.222 e. The standard InChI is InChI=1S/C11H18N2O2/c1-13(9-10-5-4-8-15-10)11(14)6-2-3-7-12/h4-5,8H,2-3,6-7,9,12H2,1H3. The van der Waals surface area contributed by atoms with Crippen LogP contribution >= 0.6 is 0 Å². The molecule has 15 heavy (non-hydrogen) atoms. The van der Waals surface area contributed by atoms with Gasteiger partial charge in [0.05, 0.1) is 12.8 Å². The van der Waals surface area contributed by atoms with Gasteiger partial charge in [-0.15, -0.1) is 0 Å². The fraction of sp³-hybridized carbons (Fsp3) is 0.545. The smallest absolute Gasteiger partial charge is 0.222 e. The summed E-state index contributed by atoms with van der Waals surface area (Å²) in [5.74, 6) is 0.949. The van der Waals surface area contributed by atoms with E-state index in [1.54, 1.807) is 18.2 Å². The molecule has 0 saturated carbocycles. The van der Waals surface area contributed by atoms with E-state index in [1.165, 1.54) is 0 Å². The van der Waals surface area contributed by atoms with E-state index in [-0.39, 0.29) is 5.91 Å². The molecule has 0 fully saturated rings. The normalized spacial score (nSPS) is 10.3. The van der Waals surface area contributed by atoms with Crippen molar-refractivity contribution in [3.05, 3.63) is 24.2 Å². The van der Waals surface area contributed by atoms with E-state index in [2.05, 4.69) is 0 Å². The van der Waals surface area contributed by atoms with Gasteiger partial charge in [0, 0.05) is 13.5 Å². The summed E-state index contributed by atoms with van der Waals surface area (Å²) in [7, 11) is 1.79. The van der Waals surface area contributed by atoms with E-state index < -0.39 is 0 Å². The van der Waals surface area contributed by atoms with Gasteiger partial charge in [-0.25, -0.2) is 0 Å². The molecular weight excluding hydrogens is 192 g/mol. The Kier molecular flexibility index (Phi) is 4.90. The highest BCUT2D eigenvalue weighted by molar-refractivity contribution is 5.75. The summed E-state index contributed by atoms with van der Waals surface area (Å²) < 4.78 is 5.17. The van der Waals surface area contributed by atoms with Crippen LogP contribution < -0.4 is 5.73 Å². The molecule has 0 aliphatic heterocycles. The zero-order valence-electron chi connectivity index (χ0n) is 9.11. The molecule has 0 atom stereocenters. The van der Waals surface area contributed by atoms with Gasteiger partial charge in [0.1, 0.15) is 5.76 Å². The Labute approximate surface area is 90.0 Å². The number of carbonyl (C=O) groups excluding carboxylic acids is 1. The minimum Gasteiger partial charge on any atom is -0.467 e. The number of nitrogens with two attached hydrogens (primary N) is 1. The third-order valence-electron chi connectivity index (χ3n) is 2.24. The van der Waals surface area contributed by atoms with Gasteiger partial charge < -0.3 is 15.1 Å². The molecular formula is C11H18N2O2. The van der Waals surface area contributed by atoms with E-state index in [0.717, 1.165) is 18.6 Å². The lowest BCUT2D eigenvalue weighted by molar-refractivity contribution is -0.130. The van der Waals surface area contributed by atoms with Gasteiger partial charge in [-0.2, -0.15) is 0 Å². The van der Waals surface area contributed by atoms with Crippen molar-refractivity contribution in [3.8, 4) is 0 Å². The Morgan fingerprint density at radius 2 is 2.33 bits per heavy atom. The molecule has 2 N–H and O–H groups in total. The van der Waals surface area contributed by atoms with Crippen LogP contribution in [0.1, 0.15) is 25.0 Å². The lowest BCUT2D eigenvalue weighted by atomic mass is 10.2. The molecule has 0 aliphatic rings. The molecule has 1 heterocycles. The first-order chi connectivity index (χ1) is 7.24. The highest BCUT2D eigenvalue weighted by Gasteiger charge is 2.09. The molecule has 84 valence electrons. The van der Waals surface area contributed by atoms with Gasteiger partial charge in [0.2, 0.25) is 5.91 Å². The molecule has 0 spiro atoms. The fourth-order valence-electron chi connectivity index (χ4n) is 1.34. The molecule has 0 aromatic carbocycles. The van der Waals surface area contributed by atoms with Crippen molar-refractivity contribution in [1.29, 1.82) is 0 Å². The third kappa shape index (κ3) is 4.16. The lowest BCUT2D eigenvalue weighted by Gasteiger charge is -2.15. The number of rotatable bonds is 6. The number of nitrogens with zero attached hydrogens (tertiary/aromatic N) is 1. The molecule has 1 amide bonds. The van der Waals surface area contributed by atoms with E-state index >= 15 is 0 Å². The Morgan fingerprint density at radius 3 is 2.93 bits per heavy atom. The van der Waals surface area contributed by atoms with Crippen LogP contribution in [0.2, 0.25) is 0 Å².